The van der Waals surface area contributed by atoms with E-state index in [0.29, 0.717) is 0 Å². The molecule has 0 aromatic carbocycles. The van der Waals surface area contributed by atoms with Crippen molar-refractivity contribution in [2.45, 2.75) is 19.3 Å². The van der Waals surface area contributed by atoms with Crippen LogP contribution in [0.1, 0.15) is 19.3 Å². The Hall–Kier alpha value is 0.180. The molecule has 0 bridgehead atoms. The average Bonchev–Trinajstić information content (AvgIpc) is 2.16. The predicted molar refractivity (Wildman–Crippen MR) is 68.9 cm³/mol. The summed E-state index contributed by atoms with van der Waals surface area (Å²) in [7, 11) is 0. The number of hydrogen-bond acceptors (Lipinski definition) is 2. The van der Waals surface area contributed by atoms with Crippen LogP contribution in [0.3, 0.4) is 0 Å². The van der Waals surface area contributed by atoms with E-state index < -0.39 is 0 Å². The van der Waals surface area contributed by atoms with E-state index in [0.717, 1.165) is 12.8 Å². The highest BCUT2D eigenvalue weighted by Crippen LogP contribution is 2.09. The number of hydrogen-bond donors (Lipinski definition) is 0. The Morgan fingerprint density at radius 1 is 0.769 bits per heavy atom. The molecule has 0 aliphatic carbocycles. The van der Waals surface area contributed by atoms with Crippen molar-refractivity contribution in [1.82, 2.24) is 0 Å². The van der Waals surface area contributed by atoms with Gasteiger partial charge in [0.2, 0.25) is 0 Å². The normalized spacial score (nSPS) is 9.85. The van der Waals surface area contributed by atoms with Crippen LogP contribution in [-0.4, -0.2) is 23.0 Å². The molecular weight excluding hydrogens is 196 g/mol. The second-order valence-corrected chi connectivity index (χ2v) is 5.18. The lowest BCUT2D eigenvalue weighted by atomic mass is 10.5. The maximum Gasteiger partial charge on any atom is -0.00330 e. The van der Waals surface area contributed by atoms with Crippen LogP contribution in [-0.2, 0) is 0 Å². The molecule has 0 saturated heterocycles. The largest absolute Gasteiger partial charge is 0.162 e. The number of rotatable bonds is 10. The van der Waals surface area contributed by atoms with Crippen LogP contribution in [0.15, 0.2) is 25.3 Å². The second-order valence-electron chi connectivity index (χ2n) is 2.73. The van der Waals surface area contributed by atoms with Gasteiger partial charge in [-0.2, -0.15) is 23.5 Å². The fourth-order valence-corrected chi connectivity index (χ4v) is 2.76. The molecule has 2 heteroatoms. The molecule has 76 valence electrons. The Morgan fingerprint density at radius 3 is 1.62 bits per heavy atom. The molecule has 0 unspecified atom stereocenters. The summed E-state index contributed by atoms with van der Waals surface area (Å²) in [6, 6.07) is 0. The van der Waals surface area contributed by atoms with Gasteiger partial charge in [-0.3, -0.25) is 0 Å². The van der Waals surface area contributed by atoms with Gasteiger partial charge in [0.05, 0.1) is 0 Å². The van der Waals surface area contributed by atoms with Crippen molar-refractivity contribution < 1.29 is 0 Å². The molecule has 0 fully saturated rings. The van der Waals surface area contributed by atoms with E-state index in [-0.39, 0.29) is 0 Å². The zero-order valence-electron chi connectivity index (χ0n) is 8.34. The third-order valence-corrected chi connectivity index (χ3v) is 3.71. The summed E-state index contributed by atoms with van der Waals surface area (Å²) in [6.45, 7) is 7.40. The molecule has 0 nitrogen and oxygen atoms in total. The standard InChI is InChI=1S/C11H20S2/c1-3-5-8-12-10-7-11-13-9-6-4-2/h3-4H,1-2,5-11H2. The molecule has 0 heterocycles. The first-order valence-electron chi connectivity index (χ1n) is 4.79. The van der Waals surface area contributed by atoms with Crippen molar-refractivity contribution in [2.75, 3.05) is 23.0 Å². The lowest BCUT2D eigenvalue weighted by Gasteiger charge is -1.99. The average molecular weight is 216 g/mol. The zero-order valence-corrected chi connectivity index (χ0v) is 9.97. The molecule has 0 atom stereocenters. The summed E-state index contributed by atoms with van der Waals surface area (Å²) in [5, 5.41) is 0. The molecule has 0 aromatic rings. The molecule has 13 heavy (non-hydrogen) atoms. The van der Waals surface area contributed by atoms with E-state index in [9.17, 15) is 0 Å². The van der Waals surface area contributed by atoms with Crippen molar-refractivity contribution >= 4 is 23.5 Å². The second kappa shape index (κ2) is 12.2. The SMILES string of the molecule is C=CCCSCCCSCCC=C. The Balaban J connectivity index is 2.83. The van der Waals surface area contributed by atoms with Crippen LogP contribution >= 0.6 is 23.5 Å². The topological polar surface area (TPSA) is 0 Å². The summed E-state index contributed by atoms with van der Waals surface area (Å²) >= 11 is 4.07. The first-order valence-corrected chi connectivity index (χ1v) is 7.10. The summed E-state index contributed by atoms with van der Waals surface area (Å²) in [5.74, 6) is 5.07. The first kappa shape index (κ1) is 13.2. The third-order valence-electron chi connectivity index (χ3n) is 1.51. The van der Waals surface area contributed by atoms with Gasteiger partial charge in [0, 0.05) is 0 Å². The molecule has 0 spiro atoms. The lowest BCUT2D eigenvalue weighted by Crippen LogP contribution is -1.87. The molecular formula is C11H20S2. The molecule has 0 aliphatic rings. The van der Waals surface area contributed by atoms with Crippen LogP contribution < -0.4 is 0 Å². The molecule has 0 saturated carbocycles. The molecule has 0 radical (unpaired) electrons. The predicted octanol–water partition coefficient (Wildman–Crippen LogP) is 4.00. The molecule has 0 aliphatic heterocycles. The number of thioether (sulfide) groups is 2. The minimum Gasteiger partial charge on any atom is -0.162 e. The van der Waals surface area contributed by atoms with E-state index in [1.807, 2.05) is 35.7 Å². The van der Waals surface area contributed by atoms with Crippen LogP contribution in [0.5, 0.6) is 0 Å². The highest BCUT2D eigenvalue weighted by atomic mass is 32.2. The highest BCUT2D eigenvalue weighted by molar-refractivity contribution is 8.00. The smallest absolute Gasteiger partial charge is 0.00330 e. The Morgan fingerprint density at radius 2 is 1.23 bits per heavy atom. The Labute approximate surface area is 91.3 Å². The summed E-state index contributed by atoms with van der Waals surface area (Å²) in [4.78, 5) is 0. The minimum absolute atomic E-state index is 1.15. The third kappa shape index (κ3) is 12.2. The van der Waals surface area contributed by atoms with Crippen molar-refractivity contribution in [3.63, 3.8) is 0 Å². The van der Waals surface area contributed by atoms with Crippen molar-refractivity contribution in [3.8, 4) is 0 Å². The van der Waals surface area contributed by atoms with Gasteiger partial charge in [-0.15, -0.1) is 13.2 Å². The summed E-state index contributed by atoms with van der Waals surface area (Å²) in [6.07, 6.45) is 7.61. The summed E-state index contributed by atoms with van der Waals surface area (Å²) in [5.41, 5.74) is 0. The minimum atomic E-state index is 1.15. The van der Waals surface area contributed by atoms with E-state index in [2.05, 4.69) is 13.2 Å². The zero-order chi connectivity index (χ0) is 9.78. The number of allylic oxidation sites excluding steroid dienone is 2. The van der Waals surface area contributed by atoms with E-state index >= 15 is 0 Å². The van der Waals surface area contributed by atoms with Crippen LogP contribution in [0, 0.1) is 0 Å². The molecule has 0 rings (SSSR count). The van der Waals surface area contributed by atoms with Gasteiger partial charge in [0.25, 0.3) is 0 Å². The Bertz CT molecular complexity index is 107. The lowest BCUT2D eigenvalue weighted by molar-refractivity contribution is 1.11. The van der Waals surface area contributed by atoms with Gasteiger partial charge < -0.3 is 0 Å². The van der Waals surface area contributed by atoms with E-state index in [4.69, 9.17) is 0 Å². The summed E-state index contributed by atoms with van der Waals surface area (Å²) < 4.78 is 0. The van der Waals surface area contributed by atoms with Gasteiger partial charge in [0.15, 0.2) is 0 Å². The van der Waals surface area contributed by atoms with Crippen LogP contribution in [0.2, 0.25) is 0 Å². The molecule has 0 amide bonds. The van der Waals surface area contributed by atoms with Crippen molar-refractivity contribution in [3.05, 3.63) is 25.3 Å². The fourth-order valence-electron chi connectivity index (χ4n) is 0.801. The monoisotopic (exact) mass is 216 g/mol. The van der Waals surface area contributed by atoms with Gasteiger partial charge in [0.1, 0.15) is 0 Å². The highest BCUT2D eigenvalue weighted by Gasteiger charge is 1.89. The molecule has 0 aromatic heterocycles. The van der Waals surface area contributed by atoms with Crippen molar-refractivity contribution in [1.29, 1.82) is 0 Å². The van der Waals surface area contributed by atoms with E-state index in [1.54, 1.807) is 0 Å². The fraction of sp³-hybridized carbons (Fsp3) is 0.636. The van der Waals surface area contributed by atoms with Gasteiger partial charge in [-0.1, -0.05) is 12.2 Å². The van der Waals surface area contributed by atoms with Crippen LogP contribution in [0.4, 0.5) is 0 Å². The quantitative estimate of drug-likeness (QED) is 0.400. The van der Waals surface area contributed by atoms with Gasteiger partial charge in [-0.25, -0.2) is 0 Å². The van der Waals surface area contributed by atoms with Crippen LogP contribution in [0.25, 0.3) is 0 Å². The molecule has 0 N–H and O–H groups in total. The maximum atomic E-state index is 3.70. The maximum absolute atomic E-state index is 3.70. The van der Waals surface area contributed by atoms with E-state index in [1.165, 1.54) is 29.4 Å². The van der Waals surface area contributed by atoms with Gasteiger partial charge in [-0.05, 0) is 42.3 Å². The van der Waals surface area contributed by atoms with Crippen molar-refractivity contribution in [2.24, 2.45) is 0 Å². The first-order chi connectivity index (χ1) is 6.41. The van der Waals surface area contributed by atoms with Gasteiger partial charge >= 0.3 is 0 Å². The Kier molecular flexibility index (Phi) is 12.3.